The average molecular weight is 284 g/mol. The second kappa shape index (κ2) is 7.04. The summed E-state index contributed by atoms with van der Waals surface area (Å²) in [5.74, 6) is 0.0332. The molecule has 2 aliphatic rings. The standard InChI is InChI=1S/C14H24N2O4/c1-3-6-15-13(17)11-9-20-8-7-16(11)12(10-4-5-10)14(18)19-2/h10-12H,3-9H2,1-2H3,(H,15,17). The van der Waals surface area contributed by atoms with E-state index in [-0.39, 0.29) is 24.0 Å². The first-order chi connectivity index (χ1) is 9.69. The number of nitrogens with zero attached hydrogens (tertiary/aromatic N) is 1. The van der Waals surface area contributed by atoms with E-state index in [1.165, 1.54) is 7.11 Å². The van der Waals surface area contributed by atoms with E-state index < -0.39 is 0 Å². The van der Waals surface area contributed by atoms with Crippen molar-refractivity contribution in [2.45, 2.75) is 38.3 Å². The SMILES string of the molecule is CCCNC(=O)C1COCCN1C(C(=O)OC)C1CC1. The number of methoxy groups -OCH3 is 1. The fraction of sp³-hybridized carbons (Fsp3) is 0.857. The molecule has 1 heterocycles. The van der Waals surface area contributed by atoms with E-state index in [1.54, 1.807) is 0 Å². The molecule has 20 heavy (non-hydrogen) atoms. The zero-order valence-corrected chi connectivity index (χ0v) is 12.3. The minimum Gasteiger partial charge on any atom is -0.468 e. The number of hydrogen-bond acceptors (Lipinski definition) is 5. The van der Waals surface area contributed by atoms with Crippen LogP contribution in [0.25, 0.3) is 0 Å². The molecule has 0 aromatic heterocycles. The van der Waals surface area contributed by atoms with Crippen LogP contribution in [-0.4, -0.2) is 62.3 Å². The summed E-state index contributed by atoms with van der Waals surface area (Å²) in [7, 11) is 1.41. The summed E-state index contributed by atoms with van der Waals surface area (Å²) in [6, 6.07) is -0.693. The fourth-order valence-corrected chi connectivity index (χ4v) is 2.67. The average Bonchev–Trinajstić information content (AvgIpc) is 3.30. The van der Waals surface area contributed by atoms with Gasteiger partial charge in [0.25, 0.3) is 0 Å². The Kier molecular flexibility index (Phi) is 5.37. The molecule has 1 N–H and O–H groups in total. The number of carbonyl (C=O) groups excluding carboxylic acids is 2. The Morgan fingerprint density at radius 3 is 2.80 bits per heavy atom. The van der Waals surface area contributed by atoms with Gasteiger partial charge in [0, 0.05) is 13.1 Å². The van der Waals surface area contributed by atoms with Gasteiger partial charge in [-0.05, 0) is 25.2 Å². The number of rotatable bonds is 6. The van der Waals surface area contributed by atoms with Crippen LogP contribution in [0, 0.1) is 5.92 Å². The minimum absolute atomic E-state index is 0.0545. The molecule has 2 atom stereocenters. The monoisotopic (exact) mass is 284 g/mol. The molecule has 0 aromatic carbocycles. The van der Waals surface area contributed by atoms with E-state index in [4.69, 9.17) is 9.47 Å². The Hall–Kier alpha value is -1.14. The third kappa shape index (κ3) is 3.49. The highest BCUT2D eigenvalue weighted by atomic mass is 16.5. The predicted molar refractivity (Wildman–Crippen MR) is 73.1 cm³/mol. The highest BCUT2D eigenvalue weighted by Gasteiger charge is 2.45. The third-order valence-corrected chi connectivity index (χ3v) is 3.89. The van der Waals surface area contributed by atoms with E-state index in [1.807, 2.05) is 11.8 Å². The van der Waals surface area contributed by atoms with Crippen LogP contribution in [0.15, 0.2) is 0 Å². The van der Waals surface area contributed by atoms with Crippen LogP contribution in [0.5, 0.6) is 0 Å². The van der Waals surface area contributed by atoms with E-state index in [0.29, 0.717) is 32.2 Å². The van der Waals surface area contributed by atoms with Gasteiger partial charge in [-0.25, -0.2) is 0 Å². The van der Waals surface area contributed by atoms with Gasteiger partial charge in [0.05, 0.1) is 20.3 Å². The molecule has 1 aliphatic heterocycles. The highest BCUT2D eigenvalue weighted by Crippen LogP contribution is 2.37. The zero-order valence-electron chi connectivity index (χ0n) is 12.3. The van der Waals surface area contributed by atoms with Crippen LogP contribution in [0.1, 0.15) is 26.2 Å². The van der Waals surface area contributed by atoms with Gasteiger partial charge in [-0.3, -0.25) is 14.5 Å². The van der Waals surface area contributed by atoms with Crippen LogP contribution < -0.4 is 5.32 Å². The molecule has 1 amide bonds. The molecule has 1 saturated carbocycles. The maximum atomic E-state index is 12.2. The van der Waals surface area contributed by atoms with Gasteiger partial charge in [0.1, 0.15) is 12.1 Å². The first kappa shape index (κ1) is 15.3. The van der Waals surface area contributed by atoms with E-state index in [0.717, 1.165) is 19.3 Å². The lowest BCUT2D eigenvalue weighted by atomic mass is 10.1. The summed E-state index contributed by atoms with van der Waals surface area (Å²) >= 11 is 0. The zero-order chi connectivity index (χ0) is 14.5. The lowest BCUT2D eigenvalue weighted by Gasteiger charge is -2.38. The first-order valence-corrected chi connectivity index (χ1v) is 7.38. The summed E-state index contributed by atoms with van der Waals surface area (Å²) in [6.07, 6.45) is 2.95. The largest absolute Gasteiger partial charge is 0.468 e. The Balaban J connectivity index is 2.08. The highest BCUT2D eigenvalue weighted by molar-refractivity contribution is 5.84. The van der Waals surface area contributed by atoms with Gasteiger partial charge in [-0.15, -0.1) is 0 Å². The number of amides is 1. The lowest BCUT2D eigenvalue weighted by Crippen LogP contribution is -2.60. The van der Waals surface area contributed by atoms with Crippen molar-refractivity contribution in [3.05, 3.63) is 0 Å². The number of carbonyl (C=O) groups is 2. The summed E-state index contributed by atoms with van der Waals surface area (Å²) in [4.78, 5) is 26.2. The molecule has 114 valence electrons. The maximum Gasteiger partial charge on any atom is 0.323 e. The van der Waals surface area contributed by atoms with E-state index in [9.17, 15) is 9.59 Å². The van der Waals surface area contributed by atoms with Gasteiger partial charge in [0.2, 0.25) is 5.91 Å². The molecule has 2 rings (SSSR count). The predicted octanol–water partition coefficient (Wildman–Crippen LogP) is 0.165. The van der Waals surface area contributed by atoms with Gasteiger partial charge in [-0.2, -0.15) is 0 Å². The number of hydrogen-bond donors (Lipinski definition) is 1. The quantitative estimate of drug-likeness (QED) is 0.704. The molecular formula is C14H24N2O4. The van der Waals surface area contributed by atoms with Crippen LogP contribution in [0.4, 0.5) is 0 Å². The molecule has 1 aliphatic carbocycles. The third-order valence-electron chi connectivity index (χ3n) is 3.89. The Bertz CT molecular complexity index is 357. The molecule has 0 bridgehead atoms. The van der Waals surface area contributed by atoms with Crippen LogP contribution in [0.2, 0.25) is 0 Å². The van der Waals surface area contributed by atoms with Gasteiger partial charge < -0.3 is 14.8 Å². The Labute approximate surface area is 119 Å². The maximum absolute atomic E-state index is 12.2. The van der Waals surface area contributed by atoms with Crippen molar-refractivity contribution in [3.8, 4) is 0 Å². The minimum atomic E-state index is -0.389. The Morgan fingerprint density at radius 1 is 1.45 bits per heavy atom. The fourth-order valence-electron chi connectivity index (χ4n) is 2.67. The lowest BCUT2D eigenvalue weighted by molar-refractivity contribution is -0.155. The normalized spacial score (nSPS) is 25.0. The van der Waals surface area contributed by atoms with Crippen LogP contribution in [-0.2, 0) is 19.1 Å². The van der Waals surface area contributed by atoms with Crippen molar-refractivity contribution in [1.29, 1.82) is 0 Å². The molecule has 2 fully saturated rings. The van der Waals surface area contributed by atoms with Crippen molar-refractivity contribution in [3.63, 3.8) is 0 Å². The van der Waals surface area contributed by atoms with E-state index >= 15 is 0 Å². The molecule has 6 nitrogen and oxygen atoms in total. The van der Waals surface area contributed by atoms with Crippen LogP contribution in [0.3, 0.4) is 0 Å². The van der Waals surface area contributed by atoms with Gasteiger partial charge >= 0.3 is 5.97 Å². The Morgan fingerprint density at radius 2 is 2.20 bits per heavy atom. The molecule has 0 aromatic rings. The molecule has 2 unspecified atom stereocenters. The molecule has 6 heteroatoms. The number of nitrogens with one attached hydrogen (secondary N) is 1. The second-order valence-electron chi connectivity index (χ2n) is 5.42. The van der Waals surface area contributed by atoms with Crippen molar-refractivity contribution < 1.29 is 19.1 Å². The first-order valence-electron chi connectivity index (χ1n) is 7.38. The summed E-state index contributed by atoms with van der Waals surface area (Å²) < 4.78 is 10.3. The summed E-state index contributed by atoms with van der Waals surface area (Å²) in [5, 5.41) is 2.89. The number of morpholine rings is 1. The van der Waals surface area contributed by atoms with Gasteiger partial charge in [0.15, 0.2) is 0 Å². The second-order valence-corrected chi connectivity index (χ2v) is 5.42. The van der Waals surface area contributed by atoms with Crippen molar-refractivity contribution >= 4 is 11.9 Å². The van der Waals surface area contributed by atoms with Crippen molar-refractivity contribution in [2.24, 2.45) is 5.92 Å². The van der Waals surface area contributed by atoms with Crippen molar-refractivity contribution in [2.75, 3.05) is 33.4 Å². The molecule has 1 saturated heterocycles. The van der Waals surface area contributed by atoms with Crippen LogP contribution >= 0.6 is 0 Å². The van der Waals surface area contributed by atoms with Crippen molar-refractivity contribution in [1.82, 2.24) is 10.2 Å². The summed E-state index contributed by atoms with van der Waals surface area (Å²) in [5.41, 5.74) is 0. The number of ether oxygens (including phenoxy) is 2. The molecular weight excluding hydrogens is 260 g/mol. The summed E-state index contributed by atoms with van der Waals surface area (Å²) in [6.45, 7) is 4.15. The molecule has 0 radical (unpaired) electrons. The van der Waals surface area contributed by atoms with Gasteiger partial charge in [-0.1, -0.05) is 6.92 Å². The smallest absolute Gasteiger partial charge is 0.323 e. The van der Waals surface area contributed by atoms with E-state index in [2.05, 4.69) is 5.32 Å². The molecule has 0 spiro atoms. The topological polar surface area (TPSA) is 67.9 Å². The number of esters is 1.